The Hall–Kier alpha value is -2.99. The maximum absolute atomic E-state index is 12.0. The van der Waals surface area contributed by atoms with Crippen molar-refractivity contribution in [3.8, 4) is 33.9 Å². The van der Waals surface area contributed by atoms with Crippen LogP contribution in [0.5, 0.6) is 11.5 Å². The highest BCUT2D eigenvalue weighted by Gasteiger charge is 2.28. The van der Waals surface area contributed by atoms with Crippen LogP contribution in [-0.2, 0) is 17.7 Å². The first-order valence-corrected chi connectivity index (χ1v) is 9.56. The van der Waals surface area contributed by atoms with Gasteiger partial charge >= 0.3 is 0 Å². The molecule has 0 bridgehead atoms. The first-order chi connectivity index (χ1) is 14.1. The van der Waals surface area contributed by atoms with Crippen molar-refractivity contribution in [2.24, 2.45) is 0 Å². The van der Waals surface area contributed by atoms with E-state index in [1.54, 1.807) is 33.9 Å². The third kappa shape index (κ3) is 3.68. The maximum Gasteiger partial charge on any atom is 0.161 e. The molecular weight excluding hydrogens is 370 g/mol. The van der Waals surface area contributed by atoms with E-state index in [2.05, 4.69) is 9.30 Å². The fraction of sp³-hybridized carbons (Fsp3) is 0.348. The van der Waals surface area contributed by atoms with Crippen LogP contribution in [0.25, 0.3) is 22.4 Å². The molecule has 6 heteroatoms. The lowest BCUT2D eigenvalue weighted by molar-refractivity contribution is 0.112. The van der Waals surface area contributed by atoms with Crippen LogP contribution in [0.4, 0.5) is 0 Å². The molecular formula is C23H27NO5. The van der Waals surface area contributed by atoms with Gasteiger partial charge in [-0.25, -0.2) is 0 Å². The highest BCUT2D eigenvalue weighted by atomic mass is 16.5. The molecule has 29 heavy (non-hydrogen) atoms. The summed E-state index contributed by atoms with van der Waals surface area (Å²) in [6, 6.07) is 5.85. The first kappa shape index (κ1) is 20.7. The fourth-order valence-corrected chi connectivity index (χ4v) is 3.80. The minimum absolute atomic E-state index is 0.662. The molecule has 0 fully saturated rings. The van der Waals surface area contributed by atoms with Crippen LogP contribution < -0.4 is 9.47 Å². The Morgan fingerprint density at radius 1 is 1.17 bits per heavy atom. The van der Waals surface area contributed by atoms with Gasteiger partial charge in [-0.3, -0.25) is 4.79 Å². The number of hydrogen-bond donors (Lipinski definition) is 0. The molecule has 1 aliphatic rings. The predicted octanol–water partition coefficient (Wildman–Crippen LogP) is 4.76. The highest BCUT2D eigenvalue weighted by Crippen LogP contribution is 2.44. The number of aryl methyl sites for hydroxylation is 1. The molecule has 154 valence electrons. The Morgan fingerprint density at radius 2 is 1.86 bits per heavy atom. The van der Waals surface area contributed by atoms with Gasteiger partial charge in [0.1, 0.15) is 0 Å². The van der Waals surface area contributed by atoms with Gasteiger partial charge in [0.05, 0.1) is 32.4 Å². The second-order valence-corrected chi connectivity index (χ2v) is 6.70. The van der Waals surface area contributed by atoms with Gasteiger partial charge < -0.3 is 23.2 Å². The van der Waals surface area contributed by atoms with Gasteiger partial charge in [0, 0.05) is 48.2 Å². The maximum atomic E-state index is 12.0. The van der Waals surface area contributed by atoms with Gasteiger partial charge in [-0.05, 0) is 44.0 Å². The molecule has 0 amide bonds. The number of methoxy groups -OCH3 is 3. The summed E-state index contributed by atoms with van der Waals surface area (Å²) in [5.41, 5.74) is 6.72. The lowest BCUT2D eigenvalue weighted by Crippen LogP contribution is -2.13. The summed E-state index contributed by atoms with van der Waals surface area (Å²) in [6.45, 7) is 5.65. The van der Waals surface area contributed by atoms with Crippen molar-refractivity contribution < 1.29 is 23.4 Å². The largest absolute Gasteiger partial charge is 0.493 e. The van der Waals surface area contributed by atoms with Gasteiger partial charge in [-0.2, -0.15) is 0 Å². The Balaban J connectivity index is 0.000000552. The van der Waals surface area contributed by atoms with E-state index in [-0.39, 0.29) is 0 Å². The third-order valence-electron chi connectivity index (χ3n) is 5.25. The lowest BCUT2D eigenvalue weighted by atomic mass is 9.94. The van der Waals surface area contributed by atoms with Gasteiger partial charge in [-0.1, -0.05) is 0 Å². The standard InChI is InChI=1S/C20H19NO4.C3H8O/c1-12-19(14-5-7-25-11-14)16(10-22)20-15-9-18(24-3)17(23-2)8-13(15)4-6-21(12)20;1-3-4-2/h5,7-11H,4,6H2,1-3H3;3H2,1-2H3. The molecule has 2 aromatic heterocycles. The number of carbonyl (C=O) groups is 1. The predicted molar refractivity (Wildman–Crippen MR) is 112 cm³/mol. The summed E-state index contributed by atoms with van der Waals surface area (Å²) in [5.74, 6) is 1.37. The molecule has 4 rings (SSSR count). The number of furan rings is 1. The van der Waals surface area contributed by atoms with Crippen LogP contribution in [0.1, 0.15) is 28.5 Å². The molecule has 1 aliphatic heterocycles. The summed E-state index contributed by atoms with van der Waals surface area (Å²) in [4.78, 5) is 12.0. The number of hydrogen-bond acceptors (Lipinski definition) is 5. The van der Waals surface area contributed by atoms with E-state index in [1.807, 2.05) is 32.0 Å². The molecule has 3 heterocycles. The van der Waals surface area contributed by atoms with E-state index in [4.69, 9.17) is 13.9 Å². The lowest BCUT2D eigenvalue weighted by Gasteiger charge is -2.23. The van der Waals surface area contributed by atoms with Crippen molar-refractivity contribution >= 4 is 6.29 Å². The van der Waals surface area contributed by atoms with Gasteiger partial charge in [-0.15, -0.1) is 0 Å². The number of benzene rings is 1. The quantitative estimate of drug-likeness (QED) is 0.581. The van der Waals surface area contributed by atoms with Crippen molar-refractivity contribution in [1.82, 2.24) is 4.57 Å². The summed E-state index contributed by atoms with van der Waals surface area (Å²) in [5, 5.41) is 0. The van der Waals surface area contributed by atoms with E-state index in [0.717, 1.165) is 59.5 Å². The second-order valence-electron chi connectivity index (χ2n) is 6.70. The molecule has 0 atom stereocenters. The van der Waals surface area contributed by atoms with E-state index >= 15 is 0 Å². The monoisotopic (exact) mass is 397 g/mol. The normalized spacial score (nSPS) is 11.8. The fourth-order valence-electron chi connectivity index (χ4n) is 3.80. The van der Waals surface area contributed by atoms with Gasteiger partial charge in [0.15, 0.2) is 17.8 Å². The van der Waals surface area contributed by atoms with Crippen LogP contribution in [0, 0.1) is 6.92 Å². The highest BCUT2D eigenvalue weighted by molar-refractivity contribution is 5.98. The Labute approximate surface area is 171 Å². The molecule has 6 nitrogen and oxygen atoms in total. The minimum Gasteiger partial charge on any atom is -0.493 e. The molecule has 1 aromatic carbocycles. The SMILES string of the molecule is CCOC.COc1cc2c(cc1OC)-c1c(C=O)c(-c3ccoc3)c(C)n1CC2. The average Bonchev–Trinajstić information content (AvgIpc) is 3.38. The Bertz CT molecular complexity index is 984. The molecule has 0 saturated heterocycles. The minimum atomic E-state index is 0.662. The van der Waals surface area contributed by atoms with Crippen LogP contribution in [0.3, 0.4) is 0 Å². The molecule has 0 aliphatic carbocycles. The first-order valence-electron chi connectivity index (χ1n) is 9.56. The summed E-state index contributed by atoms with van der Waals surface area (Å²) in [7, 11) is 4.93. The number of aromatic nitrogens is 1. The summed E-state index contributed by atoms with van der Waals surface area (Å²) < 4.78 is 22.9. The second kappa shape index (κ2) is 9.01. The number of rotatable bonds is 5. The van der Waals surface area contributed by atoms with Gasteiger partial charge in [0.25, 0.3) is 0 Å². The van der Waals surface area contributed by atoms with Crippen LogP contribution in [0.15, 0.2) is 35.1 Å². The van der Waals surface area contributed by atoms with Gasteiger partial charge in [0.2, 0.25) is 0 Å². The van der Waals surface area contributed by atoms with Crippen molar-refractivity contribution in [1.29, 1.82) is 0 Å². The molecule has 0 unspecified atom stereocenters. The van der Waals surface area contributed by atoms with E-state index in [0.29, 0.717) is 17.1 Å². The average molecular weight is 397 g/mol. The molecule has 0 radical (unpaired) electrons. The van der Waals surface area contributed by atoms with Crippen LogP contribution in [-0.4, -0.2) is 38.8 Å². The smallest absolute Gasteiger partial charge is 0.161 e. The number of nitrogens with zero attached hydrogens (tertiary/aromatic N) is 1. The molecule has 0 N–H and O–H groups in total. The van der Waals surface area contributed by atoms with Crippen LogP contribution >= 0.6 is 0 Å². The zero-order valence-electron chi connectivity index (χ0n) is 17.6. The Kier molecular flexibility index (Phi) is 6.44. The Morgan fingerprint density at radius 3 is 2.41 bits per heavy atom. The number of fused-ring (bicyclic) bond motifs is 3. The molecule has 0 spiro atoms. The molecule has 0 saturated carbocycles. The van der Waals surface area contributed by atoms with E-state index < -0.39 is 0 Å². The van der Waals surface area contributed by atoms with E-state index in [9.17, 15) is 4.79 Å². The zero-order chi connectivity index (χ0) is 21.0. The topological polar surface area (TPSA) is 62.8 Å². The number of aldehydes is 1. The number of carbonyl (C=O) groups excluding carboxylic acids is 1. The zero-order valence-corrected chi connectivity index (χ0v) is 17.6. The summed E-state index contributed by atoms with van der Waals surface area (Å²) in [6.07, 6.45) is 5.12. The molecule has 3 aromatic rings. The number of ether oxygens (including phenoxy) is 3. The summed E-state index contributed by atoms with van der Waals surface area (Å²) >= 11 is 0. The van der Waals surface area contributed by atoms with Crippen molar-refractivity contribution in [2.75, 3.05) is 27.9 Å². The van der Waals surface area contributed by atoms with Crippen molar-refractivity contribution in [3.63, 3.8) is 0 Å². The van der Waals surface area contributed by atoms with Crippen molar-refractivity contribution in [3.05, 3.63) is 47.5 Å². The van der Waals surface area contributed by atoms with Crippen LogP contribution in [0.2, 0.25) is 0 Å². The van der Waals surface area contributed by atoms with E-state index in [1.165, 1.54) is 0 Å². The van der Waals surface area contributed by atoms with Crippen molar-refractivity contribution in [2.45, 2.75) is 26.8 Å². The third-order valence-corrected chi connectivity index (χ3v) is 5.25.